The van der Waals surface area contributed by atoms with Gasteiger partial charge in [0.25, 0.3) is 0 Å². The normalized spacial score (nSPS) is 15.0. The van der Waals surface area contributed by atoms with Crippen LogP contribution in [0.2, 0.25) is 0 Å². The summed E-state index contributed by atoms with van der Waals surface area (Å²) in [4.78, 5) is 32.3. The van der Waals surface area contributed by atoms with E-state index in [4.69, 9.17) is 14.7 Å². The topological polar surface area (TPSA) is 152 Å². The van der Waals surface area contributed by atoms with E-state index in [-0.39, 0.29) is 18.6 Å². The van der Waals surface area contributed by atoms with Gasteiger partial charge in [-0.25, -0.2) is 14.8 Å². The Labute approximate surface area is 340 Å². The highest BCUT2D eigenvalue weighted by Crippen LogP contribution is 2.32. The number of rotatable bonds is 8. The average Bonchev–Trinajstić information content (AvgIpc) is 3.83. The molecule has 0 unspecified atom stereocenters. The third kappa shape index (κ3) is 8.82. The number of likely N-dealkylation sites (tertiary alicyclic amines) is 1. The number of benzene rings is 1. The highest BCUT2D eigenvalue weighted by atomic mass is 79.9. The molecule has 7 aromatic rings. The lowest BCUT2D eigenvalue weighted by molar-refractivity contribution is 0.0868. The van der Waals surface area contributed by atoms with Crippen molar-refractivity contribution in [1.29, 1.82) is 0 Å². The fraction of sp³-hybridized carbons (Fsp3) is 0.275. The smallest absolute Gasteiger partial charge is 0.410 e. The highest BCUT2D eigenvalue weighted by molar-refractivity contribution is 9.11. The van der Waals surface area contributed by atoms with Crippen molar-refractivity contribution in [2.45, 2.75) is 44.1 Å². The van der Waals surface area contributed by atoms with Gasteiger partial charge in [0, 0.05) is 60.8 Å². The number of hydrogen-bond acceptors (Lipinski definition) is 11. The largest absolute Gasteiger partial charge is 0.445 e. The van der Waals surface area contributed by atoms with Gasteiger partial charge >= 0.3 is 6.09 Å². The maximum absolute atomic E-state index is 12.5. The molecule has 0 radical (unpaired) electrons. The Balaban J connectivity index is 0.000000168. The molecule has 14 nitrogen and oxygen atoms in total. The maximum Gasteiger partial charge on any atom is 0.410 e. The first-order valence-electron chi connectivity index (χ1n) is 18.6. The molecule has 2 saturated heterocycles. The second-order valence-corrected chi connectivity index (χ2v) is 15.4. The van der Waals surface area contributed by atoms with E-state index < -0.39 is 0 Å². The number of ether oxygens (including phenoxy) is 1. The van der Waals surface area contributed by atoms with Crippen LogP contribution in [0.25, 0.3) is 11.3 Å². The molecule has 2 fully saturated rings. The number of fused-ring (bicyclic) bond motifs is 2. The number of nitrogens with one attached hydrogen (secondary N) is 3. The molecule has 0 bridgehead atoms. The van der Waals surface area contributed by atoms with Crippen LogP contribution >= 0.6 is 31.9 Å². The Hall–Kier alpha value is -5.45. The zero-order valence-corrected chi connectivity index (χ0v) is 33.6. The van der Waals surface area contributed by atoms with Crippen molar-refractivity contribution < 1.29 is 9.53 Å². The molecule has 16 heteroatoms. The second-order valence-electron chi connectivity index (χ2n) is 13.6. The molecule has 6 aromatic heterocycles. The second kappa shape index (κ2) is 17.6. The predicted molar refractivity (Wildman–Crippen MR) is 221 cm³/mol. The van der Waals surface area contributed by atoms with Gasteiger partial charge in [-0.1, -0.05) is 30.3 Å². The number of amides is 1. The van der Waals surface area contributed by atoms with E-state index in [0.717, 1.165) is 99.0 Å². The number of aromatic nitrogens is 8. The summed E-state index contributed by atoms with van der Waals surface area (Å²) >= 11 is 7.10. The summed E-state index contributed by atoms with van der Waals surface area (Å²) in [5, 5.41) is 19.0. The van der Waals surface area contributed by atoms with E-state index >= 15 is 0 Å². The van der Waals surface area contributed by atoms with Crippen molar-refractivity contribution in [3.05, 3.63) is 130 Å². The van der Waals surface area contributed by atoms with Gasteiger partial charge in [0.1, 0.15) is 18.2 Å². The molecule has 0 atom stereocenters. The summed E-state index contributed by atoms with van der Waals surface area (Å²) in [6, 6.07) is 21.6. The fourth-order valence-corrected chi connectivity index (χ4v) is 7.66. The highest BCUT2D eigenvalue weighted by Gasteiger charge is 2.27. The summed E-state index contributed by atoms with van der Waals surface area (Å²) in [5.74, 6) is 2.45. The number of pyridine rings is 2. The summed E-state index contributed by atoms with van der Waals surface area (Å²) in [5.41, 5.74) is 6.48. The van der Waals surface area contributed by atoms with Crippen molar-refractivity contribution in [3.63, 3.8) is 0 Å². The average molecular weight is 881 g/mol. The third-order valence-corrected chi connectivity index (χ3v) is 11.0. The molecule has 0 aliphatic carbocycles. The van der Waals surface area contributed by atoms with Crippen LogP contribution in [0.15, 0.2) is 113 Å². The molecule has 9 rings (SSSR count). The number of hydrogen-bond donors (Lipinski definition) is 3. The lowest BCUT2D eigenvalue weighted by Gasteiger charge is -2.31. The van der Waals surface area contributed by atoms with Crippen molar-refractivity contribution in [1.82, 2.24) is 49.4 Å². The first-order chi connectivity index (χ1) is 27.5. The molecule has 0 saturated carbocycles. The number of nitrogens with zero attached hydrogens (tertiary/aromatic N) is 9. The van der Waals surface area contributed by atoms with E-state index in [0.29, 0.717) is 19.0 Å². The van der Waals surface area contributed by atoms with Gasteiger partial charge < -0.3 is 25.6 Å². The fourth-order valence-electron chi connectivity index (χ4n) is 6.96. The molecule has 0 spiro atoms. The molecule has 8 heterocycles. The van der Waals surface area contributed by atoms with Crippen LogP contribution in [-0.4, -0.2) is 76.3 Å². The molecular weight excluding hydrogens is 840 g/mol. The van der Waals surface area contributed by atoms with E-state index in [9.17, 15) is 4.79 Å². The first kappa shape index (κ1) is 37.5. The van der Waals surface area contributed by atoms with Gasteiger partial charge in [-0.3, -0.25) is 9.97 Å². The van der Waals surface area contributed by atoms with Crippen molar-refractivity contribution in [2.24, 2.45) is 0 Å². The van der Waals surface area contributed by atoms with Gasteiger partial charge in [-0.15, -0.1) is 0 Å². The Kier molecular flexibility index (Phi) is 11.8. The summed E-state index contributed by atoms with van der Waals surface area (Å²) in [6.45, 7) is 3.65. The Morgan fingerprint density at radius 2 is 1.25 bits per heavy atom. The van der Waals surface area contributed by atoms with Crippen LogP contribution < -0.4 is 16.0 Å². The Morgan fingerprint density at radius 3 is 1.77 bits per heavy atom. The minimum atomic E-state index is -0.266. The van der Waals surface area contributed by atoms with E-state index in [1.54, 1.807) is 46.6 Å². The van der Waals surface area contributed by atoms with Crippen LogP contribution in [0, 0.1) is 0 Å². The van der Waals surface area contributed by atoms with Crippen LogP contribution in [0.1, 0.15) is 54.5 Å². The summed E-state index contributed by atoms with van der Waals surface area (Å²) in [7, 11) is 0. The SMILES string of the molecule is Brc1cnn2c(Nc3cccnc3)cc(C3CCNCC3)nc12.O=C(OCc1ccccc1)N1CCC(c2cc(Nc3cccnc3)n3ncc(Br)c3n2)CC1. The van der Waals surface area contributed by atoms with Crippen LogP contribution in [-0.2, 0) is 11.3 Å². The van der Waals surface area contributed by atoms with E-state index in [2.05, 4.69) is 74.0 Å². The van der Waals surface area contributed by atoms with Gasteiger partial charge in [0.15, 0.2) is 11.3 Å². The van der Waals surface area contributed by atoms with Gasteiger partial charge in [0.05, 0.1) is 45.1 Å². The minimum absolute atomic E-state index is 0.240. The Morgan fingerprint density at radius 1 is 0.714 bits per heavy atom. The summed E-state index contributed by atoms with van der Waals surface area (Å²) < 4.78 is 10.8. The van der Waals surface area contributed by atoms with Crippen LogP contribution in [0.3, 0.4) is 0 Å². The van der Waals surface area contributed by atoms with Crippen molar-refractivity contribution in [2.75, 3.05) is 36.8 Å². The standard InChI is InChI=1S/C24H23BrN6O2.C16H17BrN6/c25-20-15-27-31-22(28-19-7-4-10-26-14-19)13-21(29-23(20)31)18-8-11-30(12-9-18)24(32)33-16-17-5-2-1-3-6-17;17-13-10-20-23-15(21-12-2-1-5-19-9-12)8-14(22-16(13)23)11-3-6-18-7-4-11/h1-7,10,13-15,18,28H,8-9,11-12,16H2;1-2,5,8-11,18,21H,3-4,6-7H2. The molecular formula is C40H40Br2N12O2. The molecule has 56 heavy (non-hydrogen) atoms. The zero-order valence-electron chi connectivity index (χ0n) is 30.4. The van der Waals surface area contributed by atoms with Crippen LogP contribution in [0.4, 0.5) is 27.8 Å². The van der Waals surface area contributed by atoms with E-state index in [1.165, 1.54) is 0 Å². The van der Waals surface area contributed by atoms with Gasteiger partial charge in [0.2, 0.25) is 0 Å². The van der Waals surface area contributed by atoms with E-state index in [1.807, 2.05) is 65.2 Å². The molecule has 2 aliphatic heterocycles. The van der Waals surface area contributed by atoms with Crippen LogP contribution in [0.5, 0.6) is 0 Å². The summed E-state index contributed by atoms with van der Waals surface area (Å²) in [6.07, 6.45) is 14.2. The molecule has 1 aromatic carbocycles. The monoisotopic (exact) mass is 878 g/mol. The Bertz CT molecular complexity index is 2380. The van der Waals surface area contributed by atoms with Crippen molar-refractivity contribution >= 4 is 72.3 Å². The van der Waals surface area contributed by atoms with Gasteiger partial charge in [-0.05, 0) is 100 Å². The third-order valence-electron chi connectivity index (χ3n) is 9.90. The van der Waals surface area contributed by atoms with Gasteiger partial charge in [-0.2, -0.15) is 19.2 Å². The number of halogens is 2. The number of carbonyl (C=O) groups is 1. The van der Waals surface area contributed by atoms with Crippen molar-refractivity contribution in [3.8, 4) is 0 Å². The number of carbonyl (C=O) groups excluding carboxylic acids is 1. The number of piperidine rings is 2. The maximum atomic E-state index is 12.5. The quantitative estimate of drug-likeness (QED) is 0.135. The molecule has 2 aliphatic rings. The lowest BCUT2D eigenvalue weighted by atomic mass is 9.93. The predicted octanol–water partition coefficient (Wildman–Crippen LogP) is 8.24. The minimum Gasteiger partial charge on any atom is -0.445 e. The molecule has 1 amide bonds. The molecule has 3 N–H and O–H groups in total. The zero-order chi connectivity index (χ0) is 38.3. The molecule has 286 valence electrons. The first-order valence-corrected chi connectivity index (χ1v) is 20.2. The lowest BCUT2D eigenvalue weighted by Crippen LogP contribution is -2.38. The number of anilines is 4.